The molecule has 0 saturated carbocycles. The second kappa shape index (κ2) is 6.55. The Hall–Kier alpha value is -1.16. The lowest BCUT2D eigenvalue weighted by Gasteiger charge is -2.09. The summed E-state index contributed by atoms with van der Waals surface area (Å²) >= 11 is 0. The third kappa shape index (κ3) is 4.30. The Balaban J connectivity index is 2.56. The number of aryl methyl sites for hydroxylation is 1. The van der Waals surface area contributed by atoms with E-state index in [2.05, 4.69) is 4.74 Å². The van der Waals surface area contributed by atoms with Gasteiger partial charge in [-0.15, -0.1) is 0 Å². The summed E-state index contributed by atoms with van der Waals surface area (Å²) in [5.41, 5.74) is 2.20. The van der Waals surface area contributed by atoms with Gasteiger partial charge >= 0.3 is 5.97 Å². The summed E-state index contributed by atoms with van der Waals surface area (Å²) in [4.78, 5) is 11.2. The smallest absolute Gasteiger partial charge is 0.309 e. The van der Waals surface area contributed by atoms with Crippen LogP contribution < -0.4 is 0 Å². The van der Waals surface area contributed by atoms with Gasteiger partial charge in [0.15, 0.2) is 0 Å². The van der Waals surface area contributed by atoms with E-state index in [4.69, 9.17) is 0 Å². The number of rotatable bonds is 5. The average Bonchev–Trinajstić information content (AvgIpc) is 2.31. The van der Waals surface area contributed by atoms with Gasteiger partial charge in [0.25, 0.3) is 0 Å². The Kier molecular flexibility index (Phi) is 5.35. The molecule has 94 valence electrons. The number of carbonyl (C=O) groups is 1. The van der Waals surface area contributed by atoms with Crippen molar-refractivity contribution in [2.75, 3.05) is 12.9 Å². The Bertz CT molecular complexity index is 415. The minimum atomic E-state index is -1.03. The third-order valence-corrected chi connectivity index (χ3v) is 4.12. The van der Waals surface area contributed by atoms with Crippen molar-refractivity contribution in [1.29, 1.82) is 0 Å². The molecule has 0 radical (unpaired) electrons. The van der Waals surface area contributed by atoms with Gasteiger partial charge in [-0.05, 0) is 18.1 Å². The Morgan fingerprint density at radius 3 is 2.65 bits per heavy atom. The average molecular weight is 254 g/mol. The van der Waals surface area contributed by atoms with E-state index < -0.39 is 10.8 Å². The largest absolute Gasteiger partial charge is 0.469 e. The molecule has 4 heteroatoms. The molecule has 1 aromatic carbocycles. The maximum atomic E-state index is 11.9. The molecule has 17 heavy (non-hydrogen) atoms. The van der Waals surface area contributed by atoms with Gasteiger partial charge in [0.05, 0.1) is 13.0 Å². The highest BCUT2D eigenvalue weighted by atomic mass is 32.2. The Morgan fingerprint density at radius 2 is 2.06 bits per heavy atom. The maximum absolute atomic E-state index is 11.9. The minimum absolute atomic E-state index is 0.303. The molecule has 0 aliphatic rings. The highest BCUT2D eigenvalue weighted by Gasteiger charge is 2.16. The molecule has 3 nitrogen and oxygen atoms in total. The van der Waals surface area contributed by atoms with Gasteiger partial charge in [0, 0.05) is 22.3 Å². The highest BCUT2D eigenvalue weighted by Crippen LogP contribution is 2.11. The zero-order chi connectivity index (χ0) is 12.8. The van der Waals surface area contributed by atoms with Gasteiger partial charge in [0.1, 0.15) is 0 Å². The van der Waals surface area contributed by atoms with Crippen molar-refractivity contribution in [3.8, 4) is 0 Å². The topological polar surface area (TPSA) is 43.4 Å². The van der Waals surface area contributed by atoms with E-state index in [0.717, 1.165) is 11.1 Å². The number of benzene rings is 1. The van der Waals surface area contributed by atoms with E-state index in [1.165, 1.54) is 7.11 Å². The van der Waals surface area contributed by atoms with Crippen molar-refractivity contribution >= 4 is 16.8 Å². The zero-order valence-corrected chi connectivity index (χ0v) is 11.3. The van der Waals surface area contributed by atoms with E-state index in [1.54, 1.807) is 6.92 Å². The number of esters is 1. The van der Waals surface area contributed by atoms with E-state index >= 15 is 0 Å². The summed E-state index contributed by atoms with van der Waals surface area (Å²) in [7, 11) is 0.316. The van der Waals surface area contributed by atoms with Gasteiger partial charge in [0.2, 0.25) is 0 Å². The minimum Gasteiger partial charge on any atom is -0.469 e. The quantitative estimate of drug-likeness (QED) is 0.755. The molecule has 2 atom stereocenters. The van der Waals surface area contributed by atoms with Gasteiger partial charge in [-0.3, -0.25) is 9.00 Å². The van der Waals surface area contributed by atoms with Crippen LogP contribution in [0.15, 0.2) is 24.3 Å². The zero-order valence-electron chi connectivity index (χ0n) is 10.4. The lowest BCUT2D eigenvalue weighted by atomic mass is 10.1. The molecule has 2 unspecified atom stereocenters. The molecule has 0 fully saturated rings. The molecule has 0 saturated heterocycles. The predicted octanol–water partition coefficient (Wildman–Crippen LogP) is 2.05. The van der Waals surface area contributed by atoms with Crippen molar-refractivity contribution in [3.05, 3.63) is 35.4 Å². The van der Waals surface area contributed by atoms with Crippen molar-refractivity contribution in [2.24, 2.45) is 5.92 Å². The summed E-state index contributed by atoms with van der Waals surface area (Å²) in [5.74, 6) is 0.225. The molecule has 0 bridgehead atoms. The summed E-state index contributed by atoms with van der Waals surface area (Å²) in [6.07, 6.45) is 0. The van der Waals surface area contributed by atoms with Crippen molar-refractivity contribution in [3.63, 3.8) is 0 Å². The van der Waals surface area contributed by atoms with Crippen LogP contribution in [0.3, 0.4) is 0 Å². The molecule has 0 N–H and O–H groups in total. The third-order valence-electron chi connectivity index (χ3n) is 2.62. The molecule has 0 heterocycles. The first-order valence-corrected chi connectivity index (χ1v) is 7.00. The van der Waals surface area contributed by atoms with Crippen molar-refractivity contribution < 1.29 is 13.7 Å². The van der Waals surface area contributed by atoms with Gasteiger partial charge in [-0.1, -0.05) is 31.2 Å². The van der Waals surface area contributed by atoms with Gasteiger partial charge < -0.3 is 4.74 Å². The molecule has 0 aromatic heterocycles. The first-order valence-electron chi connectivity index (χ1n) is 5.52. The summed E-state index contributed by atoms with van der Waals surface area (Å²) in [6.45, 7) is 3.73. The summed E-state index contributed by atoms with van der Waals surface area (Å²) in [5, 5.41) is 0. The van der Waals surface area contributed by atoms with Crippen LogP contribution >= 0.6 is 0 Å². The molecule has 0 aliphatic heterocycles. The lowest BCUT2D eigenvalue weighted by Crippen LogP contribution is -2.20. The van der Waals surface area contributed by atoms with Crippen molar-refractivity contribution in [1.82, 2.24) is 0 Å². The second-order valence-corrected chi connectivity index (χ2v) is 5.60. The molecular formula is C13H18O3S. The number of carbonyl (C=O) groups excluding carboxylic acids is 1. The van der Waals surface area contributed by atoms with Gasteiger partial charge in [-0.2, -0.15) is 0 Å². The van der Waals surface area contributed by atoms with Crippen LogP contribution in [0.1, 0.15) is 18.1 Å². The van der Waals surface area contributed by atoms with Crippen LogP contribution in [0.2, 0.25) is 0 Å². The van der Waals surface area contributed by atoms with Crippen LogP contribution in [-0.2, 0) is 26.1 Å². The predicted molar refractivity (Wildman–Crippen MR) is 69.1 cm³/mol. The van der Waals surface area contributed by atoms with E-state index in [9.17, 15) is 9.00 Å². The van der Waals surface area contributed by atoms with Crippen molar-refractivity contribution in [2.45, 2.75) is 19.6 Å². The standard InChI is InChI=1S/C13H18O3S/c1-10-6-4-5-7-12(10)9-17(15)8-11(2)13(14)16-3/h4-7,11H,8-9H2,1-3H3. The fourth-order valence-electron chi connectivity index (χ4n) is 1.55. The normalized spacial score (nSPS) is 14.1. The Morgan fingerprint density at radius 1 is 1.41 bits per heavy atom. The number of hydrogen-bond acceptors (Lipinski definition) is 3. The van der Waals surface area contributed by atoms with Gasteiger partial charge in [-0.25, -0.2) is 0 Å². The molecule has 1 rings (SSSR count). The van der Waals surface area contributed by atoms with Crippen LogP contribution in [0.25, 0.3) is 0 Å². The summed E-state index contributed by atoms with van der Waals surface area (Å²) < 4.78 is 16.5. The molecule has 0 aliphatic carbocycles. The maximum Gasteiger partial charge on any atom is 0.309 e. The number of methoxy groups -OCH3 is 1. The fraction of sp³-hybridized carbons (Fsp3) is 0.462. The first-order chi connectivity index (χ1) is 8.04. The molecule has 1 aromatic rings. The Labute approximate surface area is 105 Å². The number of ether oxygens (including phenoxy) is 1. The monoisotopic (exact) mass is 254 g/mol. The fourth-order valence-corrected chi connectivity index (χ4v) is 3.03. The van der Waals surface area contributed by atoms with Crippen LogP contribution in [0, 0.1) is 12.8 Å². The SMILES string of the molecule is COC(=O)C(C)CS(=O)Cc1ccccc1C. The highest BCUT2D eigenvalue weighted by molar-refractivity contribution is 7.84. The lowest BCUT2D eigenvalue weighted by molar-refractivity contribution is -0.144. The van der Waals surface area contributed by atoms with E-state index in [0.29, 0.717) is 11.5 Å². The molecule has 0 spiro atoms. The van der Waals surface area contributed by atoms with E-state index in [-0.39, 0.29) is 11.9 Å². The second-order valence-electron chi connectivity index (χ2n) is 4.10. The van der Waals surface area contributed by atoms with Crippen LogP contribution in [-0.4, -0.2) is 23.0 Å². The molecule has 0 amide bonds. The molecular weight excluding hydrogens is 236 g/mol. The summed E-state index contributed by atoms with van der Waals surface area (Å²) in [6, 6.07) is 7.86. The van der Waals surface area contributed by atoms with Crippen LogP contribution in [0.4, 0.5) is 0 Å². The number of hydrogen-bond donors (Lipinski definition) is 0. The van der Waals surface area contributed by atoms with E-state index in [1.807, 2.05) is 31.2 Å². The van der Waals surface area contributed by atoms with Crippen LogP contribution in [0.5, 0.6) is 0 Å². The first kappa shape index (κ1) is 13.9.